The Balaban J connectivity index is 0.00000312. The largest absolute Gasteiger partial charge is 0.334 e. The van der Waals surface area contributed by atoms with Gasteiger partial charge in [-0.3, -0.25) is 9.69 Å². The number of nitrogens with zero attached hydrogens (tertiary/aromatic N) is 2. The van der Waals surface area contributed by atoms with Crippen molar-refractivity contribution in [1.82, 2.24) is 15.1 Å². The number of halogens is 2. The Morgan fingerprint density at radius 3 is 2.31 bits per heavy atom. The van der Waals surface area contributed by atoms with Crippen molar-refractivity contribution in [2.24, 2.45) is 0 Å². The molecule has 26 heavy (non-hydrogen) atoms. The summed E-state index contributed by atoms with van der Waals surface area (Å²) in [6.45, 7) is 13.5. The maximum Gasteiger partial charge on any atom is 0.254 e. The van der Waals surface area contributed by atoms with Gasteiger partial charge in [-0.2, -0.15) is 0 Å². The summed E-state index contributed by atoms with van der Waals surface area (Å²) in [5.41, 5.74) is 2.08. The fraction of sp³-hybridized carbons (Fsp3) is 0.650. The summed E-state index contributed by atoms with van der Waals surface area (Å²) in [6, 6.07) is 9.08. The van der Waals surface area contributed by atoms with E-state index in [1.807, 2.05) is 12.1 Å². The molecule has 1 aromatic rings. The van der Waals surface area contributed by atoms with Gasteiger partial charge in [0, 0.05) is 37.3 Å². The molecule has 1 aliphatic rings. The minimum atomic E-state index is 0. The SMILES string of the molecule is CCCN(C(=O)c1ccc(CN(CC)C(C)C)cc1)C1CCNC1.Cl.Cl. The van der Waals surface area contributed by atoms with Crippen molar-refractivity contribution in [2.75, 3.05) is 26.2 Å². The number of carbonyl (C=O) groups is 1. The summed E-state index contributed by atoms with van der Waals surface area (Å²) >= 11 is 0. The van der Waals surface area contributed by atoms with Gasteiger partial charge in [-0.1, -0.05) is 26.0 Å². The minimum absolute atomic E-state index is 0. The van der Waals surface area contributed by atoms with Gasteiger partial charge in [0.05, 0.1) is 0 Å². The number of benzene rings is 1. The highest BCUT2D eigenvalue weighted by Gasteiger charge is 2.26. The highest BCUT2D eigenvalue weighted by Crippen LogP contribution is 2.16. The first-order valence-corrected chi connectivity index (χ1v) is 9.41. The van der Waals surface area contributed by atoms with Crippen LogP contribution in [-0.4, -0.2) is 54.0 Å². The van der Waals surface area contributed by atoms with E-state index in [9.17, 15) is 4.79 Å². The van der Waals surface area contributed by atoms with Crippen molar-refractivity contribution in [1.29, 1.82) is 0 Å². The van der Waals surface area contributed by atoms with E-state index in [1.54, 1.807) is 0 Å². The molecule has 1 N–H and O–H groups in total. The molecule has 150 valence electrons. The van der Waals surface area contributed by atoms with Gasteiger partial charge in [0.15, 0.2) is 0 Å². The number of hydrogen-bond acceptors (Lipinski definition) is 3. The van der Waals surface area contributed by atoms with E-state index in [1.165, 1.54) is 5.56 Å². The van der Waals surface area contributed by atoms with Crippen LogP contribution in [0.1, 0.15) is 56.5 Å². The maximum atomic E-state index is 12.9. The lowest BCUT2D eigenvalue weighted by atomic mass is 10.1. The van der Waals surface area contributed by atoms with E-state index in [4.69, 9.17) is 0 Å². The van der Waals surface area contributed by atoms with Crippen LogP contribution in [-0.2, 0) is 6.54 Å². The standard InChI is InChI=1S/C20H33N3O.2ClH/c1-5-13-23(19-11-12-21-14-19)20(24)18-9-7-17(8-10-18)15-22(6-2)16(3)4;;/h7-10,16,19,21H,5-6,11-15H2,1-4H3;2*1H. The molecule has 1 aliphatic heterocycles. The summed E-state index contributed by atoms with van der Waals surface area (Å²) < 4.78 is 0. The lowest BCUT2D eigenvalue weighted by molar-refractivity contribution is 0.0692. The van der Waals surface area contributed by atoms with Crippen LogP contribution in [0.5, 0.6) is 0 Å². The lowest BCUT2D eigenvalue weighted by Gasteiger charge is -2.28. The molecule has 1 amide bonds. The summed E-state index contributed by atoms with van der Waals surface area (Å²) in [5, 5.41) is 3.37. The maximum absolute atomic E-state index is 12.9. The smallest absolute Gasteiger partial charge is 0.254 e. The van der Waals surface area contributed by atoms with Crippen molar-refractivity contribution >= 4 is 30.7 Å². The van der Waals surface area contributed by atoms with Crippen LogP contribution in [0.15, 0.2) is 24.3 Å². The Bertz CT molecular complexity index is 516. The molecule has 1 atom stereocenters. The van der Waals surface area contributed by atoms with E-state index >= 15 is 0 Å². The summed E-state index contributed by atoms with van der Waals surface area (Å²) in [4.78, 5) is 17.4. The Morgan fingerprint density at radius 1 is 1.19 bits per heavy atom. The lowest BCUT2D eigenvalue weighted by Crippen LogP contribution is -2.42. The van der Waals surface area contributed by atoms with Gasteiger partial charge in [0.25, 0.3) is 5.91 Å². The number of carbonyl (C=O) groups excluding carboxylic acids is 1. The normalized spacial score (nSPS) is 16.3. The van der Waals surface area contributed by atoms with Crippen LogP contribution >= 0.6 is 24.8 Å². The molecule has 1 saturated heterocycles. The van der Waals surface area contributed by atoms with Gasteiger partial charge >= 0.3 is 0 Å². The third-order valence-electron chi connectivity index (χ3n) is 4.92. The van der Waals surface area contributed by atoms with Crippen LogP contribution in [0.3, 0.4) is 0 Å². The molecule has 0 aliphatic carbocycles. The van der Waals surface area contributed by atoms with Crippen LogP contribution in [0.4, 0.5) is 0 Å². The first kappa shape index (κ1) is 25.2. The third kappa shape index (κ3) is 6.73. The van der Waals surface area contributed by atoms with E-state index in [2.05, 4.69) is 54.9 Å². The first-order valence-electron chi connectivity index (χ1n) is 9.41. The van der Waals surface area contributed by atoms with Gasteiger partial charge in [0.1, 0.15) is 0 Å². The van der Waals surface area contributed by atoms with E-state index in [0.29, 0.717) is 12.1 Å². The number of hydrogen-bond donors (Lipinski definition) is 1. The Morgan fingerprint density at radius 2 is 1.85 bits per heavy atom. The molecule has 4 nitrogen and oxygen atoms in total. The molecular weight excluding hydrogens is 369 g/mol. The highest BCUT2D eigenvalue weighted by molar-refractivity contribution is 5.94. The van der Waals surface area contributed by atoms with Crippen molar-refractivity contribution in [3.05, 3.63) is 35.4 Å². The second kappa shape index (κ2) is 12.6. The molecule has 1 fully saturated rings. The molecule has 1 aromatic carbocycles. The zero-order chi connectivity index (χ0) is 17.5. The van der Waals surface area contributed by atoms with Crippen molar-refractivity contribution < 1.29 is 4.79 Å². The van der Waals surface area contributed by atoms with Gasteiger partial charge < -0.3 is 10.2 Å². The first-order chi connectivity index (χ1) is 11.6. The topological polar surface area (TPSA) is 35.6 Å². The second-order valence-corrected chi connectivity index (χ2v) is 7.00. The molecule has 0 saturated carbocycles. The van der Waals surface area contributed by atoms with Crippen LogP contribution in [0.2, 0.25) is 0 Å². The van der Waals surface area contributed by atoms with Gasteiger partial charge in [0.2, 0.25) is 0 Å². The average molecular weight is 404 g/mol. The van der Waals surface area contributed by atoms with Crippen molar-refractivity contribution in [2.45, 2.75) is 59.2 Å². The Labute approximate surface area is 171 Å². The minimum Gasteiger partial charge on any atom is -0.334 e. The van der Waals surface area contributed by atoms with Crippen LogP contribution in [0, 0.1) is 0 Å². The summed E-state index contributed by atoms with van der Waals surface area (Å²) in [6.07, 6.45) is 2.06. The van der Waals surface area contributed by atoms with E-state index in [-0.39, 0.29) is 30.7 Å². The summed E-state index contributed by atoms with van der Waals surface area (Å²) in [7, 11) is 0. The van der Waals surface area contributed by atoms with Crippen molar-refractivity contribution in [3.8, 4) is 0 Å². The average Bonchev–Trinajstić information content (AvgIpc) is 3.11. The molecule has 0 spiro atoms. The molecular formula is C20H35Cl2N3O. The van der Waals surface area contributed by atoms with E-state index in [0.717, 1.165) is 51.1 Å². The third-order valence-corrected chi connectivity index (χ3v) is 4.92. The number of rotatable bonds is 8. The zero-order valence-electron chi connectivity index (χ0n) is 16.5. The monoisotopic (exact) mass is 403 g/mol. The fourth-order valence-corrected chi connectivity index (χ4v) is 3.41. The number of amides is 1. The molecule has 0 bridgehead atoms. The highest BCUT2D eigenvalue weighted by atomic mass is 35.5. The molecule has 6 heteroatoms. The van der Waals surface area contributed by atoms with Crippen LogP contribution in [0.25, 0.3) is 0 Å². The van der Waals surface area contributed by atoms with E-state index < -0.39 is 0 Å². The quantitative estimate of drug-likeness (QED) is 0.712. The van der Waals surface area contributed by atoms with Gasteiger partial charge in [-0.15, -0.1) is 24.8 Å². The molecule has 1 unspecified atom stereocenters. The van der Waals surface area contributed by atoms with Gasteiger partial charge in [-0.05, 0) is 57.5 Å². The second-order valence-electron chi connectivity index (χ2n) is 7.00. The zero-order valence-corrected chi connectivity index (χ0v) is 18.2. The molecule has 0 radical (unpaired) electrons. The van der Waals surface area contributed by atoms with Crippen molar-refractivity contribution in [3.63, 3.8) is 0 Å². The number of nitrogens with one attached hydrogen (secondary N) is 1. The predicted octanol–water partition coefficient (Wildman–Crippen LogP) is 3.97. The fourth-order valence-electron chi connectivity index (χ4n) is 3.41. The molecule has 2 rings (SSSR count). The van der Waals surface area contributed by atoms with Crippen LogP contribution < -0.4 is 5.32 Å². The molecule has 1 heterocycles. The Kier molecular flexibility index (Phi) is 12.2. The molecule has 0 aromatic heterocycles. The van der Waals surface area contributed by atoms with Gasteiger partial charge in [-0.25, -0.2) is 0 Å². The summed E-state index contributed by atoms with van der Waals surface area (Å²) in [5.74, 6) is 0.174. The Hall–Kier alpha value is -0.810. The predicted molar refractivity (Wildman–Crippen MR) is 115 cm³/mol.